The number of hydrogen-bond acceptors (Lipinski definition) is 5. The van der Waals surface area contributed by atoms with Crippen LogP contribution in [0.25, 0.3) is 11.0 Å². The molecule has 0 atom stereocenters. The quantitative estimate of drug-likeness (QED) is 0.752. The second kappa shape index (κ2) is 9.55. The molecule has 1 fully saturated rings. The molecule has 8 nitrogen and oxygen atoms in total. The number of nitrogens with one attached hydrogen (secondary N) is 1. The number of pyridine rings is 1. The second-order valence-corrected chi connectivity index (χ2v) is 8.59. The van der Waals surface area contributed by atoms with E-state index in [9.17, 15) is 9.59 Å². The third kappa shape index (κ3) is 4.80. The van der Waals surface area contributed by atoms with Gasteiger partial charge >= 0.3 is 0 Å². The first-order valence-corrected chi connectivity index (χ1v) is 11.0. The van der Waals surface area contributed by atoms with E-state index in [1.165, 1.54) is 0 Å². The molecule has 0 bridgehead atoms. The van der Waals surface area contributed by atoms with Crippen LogP contribution in [0.15, 0.2) is 12.3 Å². The molecule has 0 aliphatic carbocycles. The third-order valence-corrected chi connectivity index (χ3v) is 5.50. The normalized spacial score (nSPS) is 15.4. The number of piperazine rings is 1. The maximum absolute atomic E-state index is 13.4. The molecule has 2 aromatic heterocycles. The Morgan fingerprint density at radius 2 is 1.83 bits per heavy atom. The van der Waals surface area contributed by atoms with Gasteiger partial charge in [0.05, 0.1) is 23.7 Å². The Balaban J connectivity index is 1.76. The maximum atomic E-state index is 13.4. The Kier molecular flexibility index (Phi) is 7.07. The maximum Gasteiger partial charge on any atom is 0.254 e. The summed E-state index contributed by atoms with van der Waals surface area (Å²) < 4.78 is 1.88. The molecule has 0 saturated carbocycles. The molecule has 1 aliphatic rings. The van der Waals surface area contributed by atoms with Crippen LogP contribution in [0.4, 0.5) is 0 Å². The van der Waals surface area contributed by atoms with Crippen LogP contribution in [-0.2, 0) is 4.79 Å². The summed E-state index contributed by atoms with van der Waals surface area (Å²) in [7, 11) is 0. The highest BCUT2D eigenvalue weighted by Crippen LogP contribution is 2.25. The van der Waals surface area contributed by atoms with Gasteiger partial charge in [-0.2, -0.15) is 5.10 Å². The first-order valence-electron chi connectivity index (χ1n) is 11.0. The second-order valence-electron chi connectivity index (χ2n) is 8.59. The molecule has 3 rings (SSSR count). The first-order chi connectivity index (χ1) is 14.3. The minimum Gasteiger partial charge on any atom is -0.355 e. The van der Waals surface area contributed by atoms with Crippen molar-refractivity contribution in [2.24, 2.45) is 0 Å². The molecule has 2 amide bonds. The average molecular weight is 415 g/mol. The van der Waals surface area contributed by atoms with Crippen LogP contribution >= 0.6 is 0 Å². The van der Waals surface area contributed by atoms with Crippen molar-refractivity contribution < 1.29 is 9.59 Å². The Labute approximate surface area is 178 Å². The van der Waals surface area contributed by atoms with E-state index in [4.69, 9.17) is 4.98 Å². The Morgan fingerprint density at radius 1 is 1.13 bits per heavy atom. The molecule has 2 aromatic rings. The highest BCUT2D eigenvalue weighted by Gasteiger charge is 2.26. The largest absolute Gasteiger partial charge is 0.355 e. The average Bonchev–Trinajstić information content (AvgIpc) is 3.16. The SMILES string of the molecule is CCCNC(=O)CN1CCN(C(=O)c2cc(C(C)C)nc3c2cnn3C(C)C)CC1. The fourth-order valence-corrected chi connectivity index (χ4v) is 3.69. The molecule has 30 heavy (non-hydrogen) atoms. The lowest BCUT2D eigenvalue weighted by Gasteiger charge is -2.34. The Morgan fingerprint density at radius 3 is 2.43 bits per heavy atom. The number of rotatable bonds is 7. The molecule has 1 saturated heterocycles. The van der Waals surface area contributed by atoms with E-state index in [0.717, 1.165) is 23.1 Å². The van der Waals surface area contributed by atoms with Gasteiger partial charge in [0.15, 0.2) is 5.65 Å². The standard InChI is InChI=1S/C22H34N6O2/c1-6-7-23-20(29)14-26-8-10-27(11-9-26)22(30)17-12-19(15(2)3)25-21-18(17)13-24-28(21)16(4)5/h12-13,15-16H,6-11,14H2,1-5H3,(H,23,29). The fourth-order valence-electron chi connectivity index (χ4n) is 3.69. The van der Waals surface area contributed by atoms with Crippen LogP contribution in [0, 0.1) is 0 Å². The van der Waals surface area contributed by atoms with E-state index >= 15 is 0 Å². The van der Waals surface area contributed by atoms with Gasteiger partial charge in [0, 0.05) is 44.5 Å². The molecular weight excluding hydrogens is 380 g/mol. The Bertz CT molecular complexity index is 896. The van der Waals surface area contributed by atoms with Gasteiger partial charge in [-0.1, -0.05) is 20.8 Å². The van der Waals surface area contributed by atoms with Crippen LogP contribution in [0.5, 0.6) is 0 Å². The van der Waals surface area contributed by atoms with Crippen molar-refractivity contribution in [3.8, 4) is 0 Å². The van der Waals surface area contributed by atoms with Crippen molar-refractivity contribution in [2.45, 2.75) is 53.0 Å². The summed E-state index contributed by atoms with van der Waals surface area (Å²) in [6.45, 7) is 14.0. The minimum atomic E-state index is 0.0164. The number of hydrogen-bond donors (Lipinski definition) is 1. The van der Waals surface area contributed by atoms with Crippen molar-refractivity contribution in [3.05, 3.63) is 23.5 Å². The van der Waals surface area contributed by atoms with Gasteiger partial charge in [0.25, 0.3) is 5.91 Å². The van der Waals surface area contributed by atoms with Crippen molar-refractivity contribution in [1.82, 2.24) is 29.9 Å². The lowest BCUT2D eigenvalue weighted by molar-refractivity contribution is -0.122. The van der Waals surface area contributed by atoms with Crippen LogP contribution in [0.3, 0.4) is 0 Å². The number of fused-ring (bicyclic) bond motifs is 1. The molecule has 0 radical (unpaired) electrons. The van der Waals surface area contributed by atoms with Crippen molar-refractivity contribution in [2.75, 3.05) is 39.3 Å². The predicted octanol–water partition coefficient (Wildman–Crippen LogP) is 2.42. The number of amides is 2. The topological polar surface area (TPSA) is 83.4 Å². The monoisotopic (exact) mass is 414 g/mol. The summed E-state index contributed by atoms with van der Waals surface area (Å²) >= 11 is 0. The molecule has 0 unspecified atom stereocenters. The van der Waals surface area contributed by atoms with E-state index in [-0.39, 0.29) is 23.8 Å². The number of aromatic nitrogens is 3. The molecule has 1 aliphatic heterocycles. The van der Waals surface area contributed by atoms with Crippen molar-refractivity contribution in [1.29, 1.82) is 0 Å². The van der Waals surface area contributed by atoms with Crippen molar-refractivity contribution >= 4 is 22.8 Å². The summed E-state index contributed by atoms with van der Waals surface area (Å²) in [4.78, 5) is 34.1. The fraction of sp³-hybridized carbons (Fsp3) is 0.636. The molecule has 3 heterocycles. The summed E-state index contributed by atoms with van der Waals surface area (Å²) in [5.74, 6) is 0.285. The molecular formula is C22H34N6O2. The van der Waals surface area contributed by atoms with Crippen molar-refractivity contribution in [3.63, 3.8) is 0 Å². The number of carbonyl (C=O) groups excluding carboxylic acids is 2. The van der Waals surface area contributed by atoms with Gasteiger partial charge in [0.1, 0.15) is 0 Å². The van der Waals surface area contributed by atoms with Gasteiger partial charge in [-0.3, -0.25) is 14.5 Å². The van der Waals surface area contributed by atoms with Gasteiger partial charge in [-0.15, -0.1) is 0 Å². The van der Waals surface area contributed by atoms with Gasteiger partial charge in [-0.25, -0.2) is 9.67 Å². The molecule has 0 aromatic carbocycles. The van der Waals surface area contributed by atoms with Gasteiger partial charge < -0.3 is 10.2 Å². The molecule has 164 valence electrons. The highest BCUT2D eigenvalue weighted by atomic mass is 16.2. The van der Waals surface area contributed by atoms with Gasteiger partial charge in [0.2, 0.25) is 5.91 Å². The first kappa shape index (κ1) is 22.2. The highest BCUT2D eigenvalue weighted by molar-refractivity contribution is 6.05. The number of carbonyl (C=O) groups is 2. The van der Waals surface area contributed by atoms with E-state index in [1.807, 2.05) is 22.6 Å². The number of nitrogens with zero attached hydrogens (tertiary/aromatic N) is 5. The van der Waals surface area contributed by atoms with Gasteiger partial charge in [-0.05, 0) is 32.3 Å². The van der Waals surface area contributed by atoms with Crippen LogP contribution in [-0.4, -0.2) is 75.6 Å². The summed E-state index contributed by atoms with van der Waals surface area (Å²) in [5, 5.41) is 8.20. The lowest BCUT2D eigenvalue weighted by Crippen LogP contribution is -2.51. The molecule has 8 heteroatoms. The van der Waals surface area contributed by atoms with Crippen LogP contribution in [0.2, 0.25) is 0 Å². The zero-order valence-corrected chi connectivity index (χ0v) is 18.8. The van der Waals surface area contributed by atoms with E-state index in [2.05, 4.69) is 43.0 Å². The summed E-state index contributed by atoms with van der Waals surface area (Å²) in [6.07, 6.45) is 2.69. The van der Waals surface area contributed by atoms with E-state index in [1.54, 1.807) is 6.20 Å². The third-order valence-electron chi connectivity index (χ3n) is 5.50. The Hall–Kier alpha value is -2.48. The zero-order chi connectivity index (χ0) is 21.8. The smallest absolute Gasteiger partial charge is 0.254 e. The molecule has 0 spiro atoms. The van der Waals surface area contributed by atoms with E-state index in [0.29, 0.717) is 44.8 Å². The predicted molar refractivity (Wildman–Crippen MR) is 118 cm³/mol. The zero-order valence-electron chi connectivity index (χ0n) is 18.8. The van der Waals surface area contributed by atoms with E-state index < -0.39 is 0 Å². The van der Waals surface area contributed by atoms with Crippen LogP contribution < -0.4 is 5.32 Å². The lowest BCUT2D eigenvalue weighted by atomic mass is 10.0. The summed E-state index contributed by atoms with van der Waals surface area (Å²) in [5.41, 5.74) is 2.34. The van der Waals surface area contributed by atoms with Crippen LogP contribution in [0.1, 0.15) is 69.1 Å². The minimum absolute atomic E-state index is 0.0164. The molecule has 1 N–H and O–H groups in total. The summed E-state index contributed by atoms with van der Waals surface area (Å²) in [6, 6.07) is 2.09.